The smallest absolute Gasteiger partial charge is 0.252 e. The Bertz CT molecular complexity index is 2220. The molecule has 3 aliphatic heterocycles. The standard InChI is InChI=1S/C38H23BN2O2/c1-2-11-26(12-3-1)40-29-21-20-25(36-23-24-10-4-6-17-33(24)42-36)22-28(29)39-27-13-8-19-35-38(27)41(30-14-5-7-18-34(30)43-35)32-16-9-15-31(40)37(32)39/h1-23H. The van der Waals surface area contributed by atoms with Gasteiger partial charge in [-0.25, -0.2) is 0 Å². The Morgan fingerprint density at radius 3 is 2.16 bits per heavy atom. The molecule has 10 rings (SSSR count). The Morgan fingerprint density at radius 1 is 0.512 bits per heavy atom. The zero-order valence-electron chi connectivity index (χ0n) is 23.1. The predicted octanol–water partition coefficient (Wildman–Crippen LogP) is 8.29. The first kappa shape index (κ1) is 22.9. The zero-order chi connectivity index (χ0) is 28.1. The van der Waals surface area contributed by atoms with Crippen LogP contribution in [0.25, 0.3) is 22.3 Å². The highest BCUT2D eigenvalue weighted by Gasteiger charge is 2.45. The second-order valence-electron chi connectivity index (χ2n) is 11.3. The van der Waals surface area contributed by atoms with E-state index in [0.29, 0.717) is 0 Å². The first-order chi connectivity index (χ1) is 21.3. The molecule has 5 heteroatoms. The Labute approximate surface area is 249 Å². The summed E-state index contributed by atoms with van der Waals surface area (Å²) in [4.78, 5) is 4.81. The molecule has 6 aromatic carbocycles. The lowest BCUT2D eigenvalue weighted by atomic mass is 9.33. The molecule has 0 amide bonds. The molecule has 0 spiro atoms. The SMILES string of the molecule is c1ccc(N2c3ccc(-c4cc5ccccc5o4)cc3B3c4cccc5c4N(c4ccccc4O5)c4cccc2c43)cc1. The van der Waals surface area contributed by atoms with Gasteiger partial charge in [-0.3, -0.25) is 0 Å². The van der Waals surface area contributed by atoms with Gasteiger partial charge in [0.05, 0.1) is 11.4 Å². The Balaban J connectivity index is 1.28. The molecular weight excluding hydrogens is 527 g/mol. The van der Waals surface area contributed by atoms with Gasteiger partial charge in [-0.2, -0.15) is 0 Å². The van der Waals surface area contributed by atoms with Crippen LogP contribution in [0.2, 0.25) is 0 Å². The number of benzene rings is 6. The Morgan fingerprint density at radius 2 is 1.26 bits per heavy atom. The predicted molar refractivity (Wildman–Crippen MR) is 176 cm³/mol. The van der Waals surface area contributed by atoms with Crippen molar-refractivity contribution in [3.63, 3.8) is 0 Å². The molecule has 0 bridgehead atoms. The molecular formula is C38H23BN2O2. The molecule has 0 fully saturated rings. The number of fused-ring (bicyclic) bond motifs is 7. The lowest BCUT2D eigenvalue weighted by Gasteiger charge is -2.45. The van der Waals surface area contributed by atoms with Gasteiger partial charge in [-0.05, 0) is 83.1 Å². The number of hydrogen-bond acceptors (Lipinski definition) is 4. The van der Waals surface area contributed by atoms with Gasteiger partial charge < -0.3 is 19.0 Å². The number of hydrogen-bond donors (Lipinski definition) is 0. The van der Waals surface area contributed by atoms with Gasteiger partial charge in [0.2, 0.25) is 0 Å². The van der Waals surface area contributed by atoms with Crippen LogP contribution in [0.5, 0.6) is 11.5 Å². The molecule has 4 heterocycles. The fourth-order valence-electron chi connectivity index (χ4n) is 7.27. The third-order valence-corrected chi connectivity index (χ3v) is 9.03. The maximum absolute atomic E-state index is 6.52. The van der Waals surface area contributed by atoms with Crippen LogP contribution in [0.4, 0.5) is 34.1 Å². The minimum absolute atomic E-state index is 0.0190. The van der Waals surface area contributed by atoms with E-state index in [-0.39, 0.29) is 6.71 Å². The summed E-state index contributed by atoms with van der Waals surface area (Å²) in [5, 5.41) is 1.11. The summed E-state index contributed by atoms with van der Waals surface area (Å²) >= 11 is 0. The highest BCUT2D eigenvalue weighted by Crippen LogP contribution is 2.52. The van der Waals surface area contributed by atoms with Gasteiger partial charge in [-0.1, -0.05) is 72.8 Å². The molecule has 43 heavy (non-hydrogen) atoms. The molecule has 4 nitrogen and oxygen atoms in total. The van der Waals surface area contributed by atoms with Crippen molar-refractivity contribution in [1.29, 1.82) is 0 Å². The van der Waals surface area contributed by atoms with E-state index in [2.05, 4.69) is 131 Å². The van der Waals surface area contributed by atoms with Crippen molar-refractivity contribution in [3.8, 4) is 22.8 Å². The number of ether oxygens (including phenoxy) is 1. The van der Waals surface area contributed by atoms with E-state index in [0.717, 1.165) is 50.9 Å². The quantitative estimate of drug-likeness (QED) is 0.203. The Kier molecular flexibility index (Phi) is 4.50. The van der Waals surface area contributed by atoms with Crippen LogP contribution in [-0.4, -0.2) is 6.71 Å². The van der Waals surface area contributed by atoms with Crippen LogP contribution in [0.15, 0.2) is 144 Å². The summed E-state index contributed by atoms with van der Waals surface area (Å²) in [5.41, 5.74) is 12.6. The van der Waals surface area contributed by atoms with Crippen LogP contribution in [0, 0.1) is 0 Å². The van der Waals surface area contributed by atoms with Crippen LogP contribution < -0.4 is 30.9 Å². The topological polar surface area (TPSA) is 28.9 Å². The fraction of sp³-hybridized carbons (Fsp3) is 0. The monoisotopic (exact) mass is 550 g/mol. The van der Waals surface area contributed by atoms with Crippen molar-refractivity contribution in [1.82, 2.24) is 0 Å². The minimum Gasteiger partial charge on any atom is -0.456 e. The normalized spacial score (nSPS) is 13.6. The van der Waals surface area contributed by atoms with Gasteiger partial charge in [0.15, 0.2) is 11.5 Å². The Hall–Kier alpha value is -5.68. The van der Waals surface area contributed by atoms with E-state index in [1.165, 1.54) is 33.5 Å². The second-order valence-corrected chi connectivity index (χ2v) is 11.3. The van der Waals surface area contributed by atoms with Crippen LogP contribution >= 0.6 is 0 Å². The molecule has 0 unspecified atom stereocenters. The van der Waals surface area contributed by atoms with Crippen molar-refractivity contribution in [2.24, 2.45) is 0 Å². The molecule has 0 atom stereocenters. The van der Waals surface area contributed by atoms with Crippen molar-refractivity contribution in [2.45, 2.75) is 0 Å². The third-order valence-electron chi connectivity index (χ3n) is 9.03. The summed E-state index contributed by atoms with van der Waals surface area (Å²) in [6.45, 7) is 0.0190. The number of nitrogens with zero attached hydrogens (tertiary/aromatic N) is 2. The van der Waals surface area contributed by atoms with E-state index < -0.39 is 0 Å². The van der Waals surface area contributed by atoms with E-state index >= 15 is 0 Å². The number of rotatable bonds is 2. The molecule has 3 aliphatic rings. The van der Waals surface area contributed by atoms with Gasteiger partial charge >= 0.3 is 0 Å². The maximum Gasteiger partial charge on any atom is 0.252 e. The minimum atomic E-state index is 0.0190. The first-order valence-corrected chi connectivity index (χ1v) is 14.6. The third kappa shape index (κ3) is 3.11. The number of furan rings is 1. The molecule has 200 valence electrons. The van der Waals surface area contributed by atoms with Crippen molar-refractivity contribution >= 4 is 68.2 Å². The zero-order valence-corrected chi connectivity index (χ0v) is 23.1. The molecule has 1 aromatic heterocycles. The first-order valence-electron chi connectivity index (χ1n) is 14.6. The largest absolute Gasteiger partial charge is 0.456 e. The van der Waals surface area contributed by atoms with Gasteiger partial charge in [0, 0.05) is 33.7 Å². The summed E-state index contributed by atoms with van der Waals surface area (Å²) in [6.07, 6.45) is 0. The highest BCUT2D eigenvalue weighted by atomic mass is 16.5. The second kappa shape index (κ2) is 8.43. The number of anilines is 6. The average Bonchev–Trinajstić information content (AvgIpc) is 3.51. The van der Waals surface area contributed by atoms with Crippen molar-refractivity contribution in [2.75, 3.05) is 9.80 Å². The van der Waals surface area contributed by atoms with Gasteiger partial charge in [-0.15, -0.1) is 0 Å². The summed E-state index contributed by atoms with van der Waals surface area (Å²) in [7, 11) is 0. The molecule has 7 aromatic rings. The van der Waals surface area contributed by atoms with E-state index in [9.17, 15) is 0 Å². The number of para-hydroxylation sites is 5. The van der Waals surface area contributed by atoms with Gasteiger partial charge in [0.1, 0.15) is 11.3 Å². The molecule has 0 saturated carbocycles. The summed E-state index contributed by atoms with van der Waals surface area (Å²) in [5.74, 6) is 2.62. The molecule has 0 radical (unpaired) electrons. The van der Waals surface area contributed by atoms with Crippen LogP contribution in [0.1, 0.15) is 0 Å². The molecule has 0 aliphatic carbocycles. The average molecular weight is 550 g/mol. The van der Waals surface area contributed by atoms with E-state index in [4.69, 9.17) is 9.15 Å². The lowest BCUT2D eigenvalue weighted by molar-refractivity contribution is 0.477. The van der Waals surface area contributed by atoms with Crippen LogP contribution in [0.3, 0.4) is 0 Å². The van der Waals surface area contributed by atoms with E-state index in [1.54, 1.807) is 0 Å². The molecule has 0 saturated heterocycles. The maximum atomic E-state index is 6.52. The lowest BCUT2D eigenvalue weighted by Crippen LogP contribution is -2.61. The van der Waals surface area contributed by atoms with Crippen molar-refractivity contribution < 1.29 is 9.15 Å². The van der Waals surface area contributed by atoms with Crippen LogP contribution in [-0.2, 0) is 0 Å². The fourth-order valence-corrected chi connectivity index (χ4v) is 7.27. The van der Waals surface area contributed by atoms with Gasteiger partial charge in [0.25, 0.3) is 6.71 Å². The van der Waals surface area contributed by atoms with Crippen molar-refractivity contribution in [3.05, 3.63) is 140 Å². The van der Waals surface area contributed by atoms with E-state index in [1.807, 2.05) is 18.2 Å². The highest BCUT2D eigenvalue weighted by molar-refractivity contribution is 7.00. The summed E-state index contributed by atoms with van der Waals surface area (Å²) in [6, 6.07) is 49.3. The summed E-state index contributed by atoms with van der Waals surface area (Å²) < 4.78 is 12.9. The molecule has 0 N–H and O–H groups in total.